The summed E-state index contributed by atoms with van der Waals surface area (Å²) in [6, 6.07) is 7.48. The van der Waals surface area contributed by atoms with Crippen molar-refractivity contribution in [2.45, 2.75) is 0 Å². The van der Waals surface area contributed by atoms with Crippen LogP contribution in [0, 0.1) is 5.82 Å². The smallest absolute Gasteiger partial charge is 0.255 e. The molecule has 5 nitrogen and oxygen atoms in total. The van der Waals surface area contributed by atoms with Crippen molar-refractivity contribution in [2.24, 2.45) is 0 Å². The molecular weight excluding hydrogens is 353 g/mol. The molecule has 0 atom stereocenters. The molecule has 7 heteroatoms. The van der Waals surface area contributed by atoms with E-state index in [0.29, 0.717) is 11.3 Å². The third kappa shape index (κ3) is 2.67. The fourth-order valence-corrected chi connectivity index (χ4v) is 2.42. The van der Waals surface area contributed by atoms with E-state index >= 15 is 0 Å². The number of carbonyl (C=O) groups is 1. The summed E-state index contributed by atoms with van der Waals surface area (Å²) in [5.41, 5.74) is 1.66. The van der Waals surface area contributed by atoms with E-state index in [1.165, 1.54) is 25.3 Å². The number of rotatable bonds is 3. The molecule has 0 aliphatic rings. The number of carbonyl (C=O) groups excluding carboxylic acids is 1. The maximum absolute atomic E-state index is 13.4. The molecule has 2 heterocycles. The number of halogens is 2. The van der Waals surface area contributed by atoms with Crippen LogP contribution < -0.4 is 10.1 Å². The zero-order valence-electron chi connectivity index (χ0n) is 11.5. The van der Waals surface area contributed by atoms with E-state index in [9.17, 15) is 9.18 Å². The second kappa shape index (κ2) is 5.76. The molecule has 3 rings (SSSR count). The third-order valence-corrected chi connectivity index (χ3v) is 3.72. The number of hydrogen-bond acceptors (Lipinski definition) is 3. The Balaban J connectivity index is 1.87. The maximum Gasteiger partial charge on any atom is 0.255 e. The van der Waals surface area contributed by atoms with Gasteiger partial charge in [0.2, 0.25) is 0 Å². The van der Waals surface area contributed by atoms with E-state index in [-0.39, 0.29) is 11.7 Å². The first kappa shape index (κ1) is 14.5. The number of fused-ring (bicyclic) bond motifs is 1. The van der Waals surface area contributed by atoms with Gasteiger partial charge in [-0.25, -0.2) is 9.37 Å². The summed E-state index contributed by atoms with van der Waals surface area (Å²) in [4.78, 5) is 16.4. The summed E-state index contributed by atoms with van der Waals surface area (Å²) in [6.07, 6.45) is 3.41. The van der Waals surface area contributed by atoms with Gasteiger partial charge in [-0.15, -0.1) is 0 Å². The highest BCUT2D eigenvalue weighted by Crippen LogP contribution is 2.20. The Kier molecular flexibility index (Phi) is 3.81. The van der Waals surface area contributed by atoms with Gasteiger partial charge in [-0.3, -0.25) is 9.20 Å². The van der Waals surface area contributed by atoms with Gasteiger partial charge in [0, 0.05) is 11.8 Å². The molecule has 112 valence electrons. The molecule has 0 spiro atoms. The Morgan fingerprint density at radius 3 is 2.95 bits per heavy atom. The van der Waals surface area contributed by atoms with Crippen LogP contribution >= 0.6 is 15.9 Å². The molecule has 3 aromatic rings. The van der Waals surface area contributed by atoms with E-state index < -0.39 is 5.82 Å². The summed E-state index contributed by atoms with van der Waals surface area (Å²) >= 11 is 3.37. The molecule has 1 amide bonds. The predicted octanol–water partition coefficient (Wildman–Crippen LogP) is 3.50. The summed E-state index contributed by atoms with van der Waals surface area (Å²) in [5, 5.41) is 2.75. The number of amides is 1. The van der Waals surface area contributed by atoms with Gasteiger partial charge in [0.15, 0.2) is 11.6 Å². The summed E-state index contributed by atoms with van der Waals surface area (Å²) in [5.74, 6) is -0.836. The monoisotopic (exact) mass is 363 g/mol. The summed E-state index contributed by atoms with van der Waals surface area (Å²) in [6.45, 7) is 0. The minimum Gasteiger partial charge on any atom is -0.494 e. The van der Waals surface area contributed by atoms with Crippen LogP contribution in [0.15, 0.2) is 47.3 Å². The quantitative estimate of drug-likeness (QED) is 0.774. The van der Waals surface area contributed by atoms with Crippen molar-refractivity contribution in [3.05, 3.63) is 58.7 Å². The lowest BCUT2D eigenvalue weighted by Crippen LogP contribution is -2.12. The van der Waals surface area contributed by atoms with Gasteiger partial charge in [0.25, 0.3) is 5.91 Å². The lowest BCUT2D eigenvalue weighted by atomic mass is 10.2. The third-order valence-electron chi connectivity index (χ3n) is 3.13. The molecular formula is C15H11BrFN3O2. The van der Waals surface area contributed by atoms with Gasteiger partial charge in [-0.1, -0.05) is 0 Å². The minimum absolute atomic E-state index is 0.0282. The Hall–Kier alpha value is -2.41. The lowest BCUT2D eigenvalue weighted by Gasteiger charge is -2.08. The molecule has 1 aromatic carbocycles. The molecule has 0 radical (unpaired) electrons. The van der Waals surface area contributed by atoms with Gasteiger partial charge >= 0.3 is 0 Å². The molecule has 2 aromatic heterocycles. The Labute approximate surface area is 133 Å². The fraction of sp³-hybridized carbons (Fsp3) is 0.0667. The molecule has 0 bridgehead atoms. The molecule has 1 N–H and O–H groups in total. The van der Waals surface area contributed by atoms with Crippen molar-refractivity contribution >= 4 is 33.2 Å². The zero-order valence-corrected chi connectivity index (χ0v) is 13.1. The number of aromatic nitrogens is 2. The van der Waals surface area contributed by atoms with Gasteiger partial charge in [-0.05, 0) is 46.3 Å². The number of methoxy groups -OCH3 is 1. The van der Waals surface area contributed by atoms with Crippen molar-refractivity contribution in [1.82, 2.24) is 9.38 Å². The van der Waals surface area contributed by atoms with Gasteiger partial charge < -0.3 is 10.1 Å². The number of anilines is 1. The number of pyridine rings is 1. The molecule has 0 aliphatic heterocycles. The average molecular weight is 364 g/mol. The van der Waals surface area contributed by atoms with Crippen LogP contribution in [0.3, 0.4) is 0 Å². The summed E-state index contributed by atoms with van der Waals surface area (Å²) in [7, 11) is 1.35. The topological polar surface area (TPSA) is 55.6 Å². The first-order valence-corrected chi connectivity index (χ1v) is 7.15. The average Bonchev–Trinajstić information content (AvgIpc) is 2.89. The number of nitrogens with zero attached hydrogens (tertiary/aromatic N) is 2. The zero-order chi connectivity index (χ0) is 15.7. The van der Waals surface area contributed by atoms with E-state index in [2.05, 4.69) is 26.2 Å². The number of nitrogens with one attached hydrogen (secondary N) is 1. The second-order valence-corrected chi connectivity index (χ2v) is 5.34. The summed E-state index contributed by atoms with van der Waals surface area (Å²) < 4.78 is 20.8. The minimum atomic E-state index is -0.511. The number of hydrogen-bond donors (Lipinski definition) is 1. The van der Waals surface area contributed by atoms with Crippen molar-refractivity contribution < 1.29 is 13.9 Å². The highest BCUT2D eigenvalue weighted by Gasteiger charge is 2.11. The van der Waals surface area contributed by atoms with Gasteiger partial charge in [0.05, 0.1) is 19.0 Å². The maximum atomic E-state index is 13.4. The highest BCUT2D eigenvalue weighted by molar-refractivity contribution is 9.10. The molecule has 22 heavy (non-hydrogen) atoms. The van der Waals surface area contributed by atoms with Crippen molar-refractivity contribution in [3.63, 3.8) is 0 Å². The van der Waals surface area contributed by atoms with Crippen LogP contribution in [0.2, 0.25) is 0 Å². The number of benzene rings is 1. The van der Waals surface area contributed by atoms with E-state index in [0.717, 1.165) is 10.3 Å². The van der Waals surface area contributed by atoms with Gasteiger partial charge in [0.1, 0.15) is 10.3 Å². The highest BCUT2D eigenvalue weighted by atomic mass is 79.9. The standard InChI is InChI=1S/C15H11BrFN3O2/c1-22-12-6-9(2-4-11(12)17)15(21)19-10-3-5-14-18-7-13(16)20(14)8-10/h2-8H,1H3,(H,19,21). The van der Waals surface area contributed by atoms with E-state index in [4.69, 9.17) is 4.74 Å². The van der Waals surface area contributed by atoms with Crippen LogP contribution in [0.1, 0.15) is 10.4 Å². The first-order valence-electron chi connectivity index (χ1n) is 6.36. The Bertz CT molecular complexity index is 863. The molecule has 0 saturated carbocycles. The first-order chi connectivity index (χ1) is 10.6. The predicted molar refractivity (Wildman–Crippen MR) is 83.8 cm³/mol. The van der Waals surface area contributed by atoms with E-state index in [1.54, 1.807) is 28.9 Å². The van der Waals surface area contributed by atoms with Crippen LogP contribution in [-0.2, 0) is 0 Å². The van der Waals surface area contributed by atoms with E-state index in [1.807, 2.05) is 0 Å². The molecule has 0 fully saturated rings. The van der Waals surface area contributed by atoms with Crippen LogP contribution in [-0.4, -0.2) is 22.4 Å². The largest absolute Gasteiger partial charge is 0.494 e. The second-order valence-electron chi connectivity index (χ2n) is 4.53. The lowest BCUT2D eigenvalue weighted by molar-refractivity contribution is 0.102. The van der Waals surface area contributed by atoms with Crippen LogP contribution in [0.4, 0.5) is 10.1 Å². The number of imidazole rings is 1. The van der Waals surface area contributed by atoms with Crippen molar-refractivity contribution in [2.75, 3.05) is 12.4 Å². The Morgan fingerprint density at radius 1 is 1.36 bits per heavy atom. The Morgan fingerprint density at radius 2 is 2.18 bits per heavy atom. The normalized spacial score (nSPS) is 10.7. The SMILES string of the molecule is COc1cc(C(=O)Nc2ccc3ncc(Br)n3c2)ccc1F. The molecule has 0 aliphatic carbocycles. The van der Waals surface area contributed by atoms with Gasteiger partial charge in [-0.2, -0.15) is 0 Å². The van der Waals surface area contributed by atoms with Crippen molar-refractivity contribution in [3.8, 4) is 5.75 Å². The molecule has 0 unspecified atom stereocenters. The van der Waals surface area contributed by atoms with Crippen molar-refractivity contribution in [1.29, 1.82) is 0 Å². The van der Waals surface area contributed by atoms with Crippen LogP contribution in [0.25, 0.3) is 5.65 Å². The fourth-order valence-electron chi connectivity index (χ4n) is 2.03. The molecule has 0 saturated heterocycles. The van der Waals surface area contributed by atoms with Crippen LogP contribution in [0.5, 0.6) is 5.75 Å². The number of ether oxygens (including phenoxy) is 1.